The zero-order chi connectivity index (χ0) is 17.1. The van der Waals surface area contributed by atoms with Crippen LogP contribution in [0.25, 0.3) is 10.8 Å². The Morgan fingerprint density at radius 1 is 1.25 bits per heavy atom. The van der Waals surface area contributed by atoms with Crippen molar-refractivity contribution < 1.29 is 13.9 Å². The van der Waals surface area contributed by atoms with Crippen molar-refractivity contribution in [2.75, 3.05) is 0 Å². The van der Waals surface area contributed by atoms with E-state index in [-0.39, 0.29) is 12.4 Å². The van der Waals surface area contributed by atoms with Crippen LogP contribution in [0.5, 0.6) is 0 Å². The molecule has 0 unspecified atom stereocenters. The van der Waals surface area contributed by atoms with E-state index < -0.39 is 6.10 Å². The minimum absolute atomic E-state index is 0.220. The summed E-state index contributed by atoms with van der Waals surface area (Å²) >= 11 is 1.52. The number of aromatic nitrogens is 2. The van der Waals surface area contributed by atoms with Crippen LogP contribution in [0.2, 0.25) is 0 Å². The van der Waals surface area contributed by atoms with E-state index in [2.05, 4.69) is 10.2 Å². The summed E-state index contributed by atoms with van der Waals surface area (Å²) in [6, 6.07) is 9.76. The highest BCUT2D eigenvalue weighted by Gasteiger charge is 2.19. The molecule has 3 rings (SSSR count). The highest BCUT2D eigenvalue weighted by Crippen LogP contribution is 2.26. The molecular formula is C18H18N2O3S. The second kappa shape index (κ2) is 6.97. The molecule has 3 aromatic rings. The van der Waals surface area contributed by atoms with E-state index in [0.29, 0.717) is 11.8 Å². The minimum Gasteiger partial charge on any atom is -0.452 e. The molecule has 0 amide bonds. The number of ether oxygens (including phenoxy) is 1. The fourth-order valence-electron chi connectivity index (χ4n) is 2.27. The first-order valence-corrected chi connectivity index (χ1v) is 8.54. The molecule has 0 fully saturated rings. The van der Waals surface area contributed by atoms with Crippen molar-refractivity contribution in [1.82, 2.24) is 10.2 Å². The van der Waals surface area contributed by atoms with E-state index in [9.17, 15) is 4.79 Å². The molecule has 2 aromatic heterocycles. The molecule has 0 saturated heterocycles. The third kappa shape index (κ3) is 3.71. The molecule has 0 aliphatic heterocycles. The molecule has 1 atom stereocenters. The van der Waals surface area contributed by atoms with Gasteiger partial charge in [-0.25, -0.2) is 0 Å². The fourth-order valence-corrected chi connectivity index (χ4v) is 2.91. The summed E-state index contributed by atoms with van der Waals surface area (Å²) in [5.74, 6) is 0.422. The van der Waals surface area contributed by atoms with Crippen LogP contribution in [0.15, 0.2) is 40.1 Å². The lowest BCUT2D eigenvalue weighted by molar-refractivity contribution is -0.148. The maximum absolute atomic E-state index is 12.1. The van der Waals surface area contributed by atoms with Crippen LogP contribution in [0, 0.1) is 13.8 Å². The van der Waals surface area contributed by atoms with E-state index >= 15 is 0 Å². The van der Waals surface area contributed by atoms with Gasteiger partial charge in [0.1, 0.15) is 0 Å². The molecule has 0 radical (unpaired) electrons. The van der Waals surface area contributed by atoms with E-state index in [1.165, 1.54) is 16.9 Å². The number of nitrogens with zero attached hydrogens (tertiary/aromatic N) is 2. The van der Waals surface area contributed by atoms with Gasteiger partial charge in [0, 0.05) is 0 Å². The third-order valence-corrected chi connectivity index (χ3v) is 4.61. The Kier molecular flexibility index (Phi) is 4.76. The van der Waals surface area contributed by atoms with Gasteiger partial charge in [-0.1, -0.05) is 24.3 Å². The van der Waals surface area contributed by atoms with Gasteiger partial charge in [0.25, 0.3) is 11.8 Å². The van der Waals surface area contributed by atoms with Crippen molar-refractivity contribution in [3.8, 4) is 10.8 Å². The number of thiophene rings is 1. The maximum Gasteiger partial charge on any atom is 0.311 e. The maximum atomic E-state index is 12.1. The molecular weight excluding hydrogens is 324 g/mol. The van der Waals surface area contributed by atoms with Gasteiger partial charge in [-0.2, -0.15) is 0 Å². The molecule has 0 bridgehead atoms. The van der Waals surface area contributed by atoms with Gasteiger partial charge in [0.15, 0.2) is 6.10 Å². The van der Waals surface area contributed by atoms with Gasteiger partial charge in [0.2, 0.25) is 0 Å². The lowest BCUT2D eigenvalue weighted by Gasteiger charge is -2.10. The van der Waals surface area contributed by atoms with E-state index in [0.717, 1.165) is 16.0 Å². The summed E-state index contributed by atoms with van der Waals surface area (Å²) < 4.78 is 11.0. The predicted molar refractivity (Wildman–Crippen MR) is 91.7 cm³/mol. The molecule has 6 heteroatoms. The molecule has 1 aromatic carbocycles. The van der Waals surface area contributed by atoms with Crippen LogP contribution in [-0.2, 0) is 16.0 Å². The van der Waals surface area contributed by atoms with Crippen molar-refractivity contribution >= 4 is 17.3 Å². The van der Waals surface area contributed by atoms with Crippen molar-refractivity contribution in [1.29, 1.82) is 0 Å². The smallest absolute Gasteiger partial charge is 0.311 e. The predicted octanol–water partition coefficient (Wildman–Crippen LogP) is 4.26. The summed E-state index contributed by atoms with van der Waals surface area (Å²) in [6.45, 7) is 5.79. The zero-order valence-corrected chi connectivity index (χ0v) is 14.6. The van der Waals surface area contributed by atoms with Gasteiger partial charge < -0.3 is 9.15 Å². The Balaban J connectivity index is 1.62. The van der Waals surface area contributed by atoms with Crippen molar-refractivity contribution in [2.45, 2.75) is 33.3 Å². The molecule has 2 heterocycles. The van der Waals surface area contributed by atoms with Crippen LogP contribution in [0.1, 0.15) is 35.6 Å². The summed E-state index contributed by atoms with van der Waals surface area (Å²) in [7, 11) is 0. The van der Waals surface area contributed by atoms with Crippen molar-refractivity contribution in [3.63, 3.8) is 0 Å². The summed E-state index contributed by atoms with van der Waals surface area (Å²) in [4.78, 5) is 13.0. The molecule has 0 aliphatic rings. The number of carbonyl (C=O) groups excluding carboxylic acids is 1. The number of hydrogen-bond donors (Lipinski definition) is 0. The Morgan fingerprint density at radius 3 is 2.79 bits per heavy atom. The Hall–Kier alpha value is -2.47. The number of benzene rings is 1. The third-order valence-electron chi connectivity index (χ3n) is 3.75. The highest BCUT2D eigenvalue weighted by atomic mass is 32.1. The van der Waals surface area contributed by atoms with Crippen molar-refractivity contribution in [2.24, 2.45) is 0 Å². The first-order chi connectivity index (χ1) is 11.5. The Bertz CT molecular complexity index is 840. The quantitative estimate of drug-likeness (QED) is 0.648. The van der Waals surface area contributed by atoms with Crippen LogP contribution >= 0.6 is 11.3 Å². The minimum atomic E-state index is -0.578. The number of hydrogen-bond acceptors (Lipinski definition) is 6. The van der Waals surface area contributed by atoms with Crippen molar-refractivity contribution in [3.05, 3.63) is 58.3 Å². The number of esters is 1. The summed E-state index contributed by atoms with van der Waals surface area (Å²) in [5, 5.41) is 9.90. The van der Waals surface area contributed by atoms with Crippen LogP contribution < -0.4 is 0 Å². The fraction of sp³-hybridized carbons (Fsp3) is 0.278. The van der Waals surface area contributed by atoms with Gasteiger partial charge in [-0.3, -0.25) is 4.79 Å². The Labute approximate surface area is 144 Å². The normalized spacial score (nSPS) is 12.1. The van der Waals surface area contributed by atoms with E-state index in [1.54, 1.807) is 6.92 Å². The standard InChI is InChI=1S/C18H18N2O3S/c1-11-6-7-14(9-12(11)2)10-16(21)22-13(3)17-19-20-18(23-17)15-5-4-8-24-15/h4-9,13H,10H2,1-3H3/t13-/m1/s1. The summed E-state index contributed by atoms with van der Waals surface area (Å²) in [6.07, 6.45) is -0.359. The molecule has 0 N–H and O–H groups in total. The number of aryl methyl sites for hydroxylation is 2. The first kappa shape index (κ1) is 16.4. The molecule has 0 saturated carbocycles. The summed E-state index contributed by atoms with van der Waals surface area (Å²) in [5.41, 5.74) is 3.29. The van der Waals surface area contributed by atoms with Gasteiger partial charge in [-0.15, -0.1) is 21.5 Å². The lowest BCUT2D eigenvalue weighted by Crippen LogP contribution is -2.12. The Morgan fingerprint density at radius 2 is 2.08 bits per heavy atom. The molecule has 5 nitrogen and oxygen atoms in total. The highest BCUT2D eigenvalue weighted by molar-refractivity contribution is 7.13. The van der Waals surface area contributed by atoms with Gasteiger partial charge in [0.05, 0.1) is 11.3 Å². The van der Waals surface area contributed by atoms with Crippen LogP contribution in [0.3, 0.4) is 0 Å². The average molecular weight is 342 g/mol. The molecule has 24 heavy (non-hydrogen) atoms. The van der Waals surface area contributed by atoms with Crippen LogP contribution in [0.4, 0.5) is 0 Å². The zero-order valence-electron chi connectivity index (χ0n) is 13.8. The second-order valence-electron chi connectivity index (χ2n) is 5.65. The first-order valence-electron chi connectivity index (χ1n) is 7.66. The second-order valence-corrected chi connectivity index (χ2v) is 6.60. The van der Waals surface area contributed by atoms with E-state index in [4.69, 9.17) is 9.15 Å². The molecule has 124 valence electrons. The molecule has 0 spiro atoms. The SMILES string of the molecule is Cc1ccc(CC(=O)O[C@H](C)c2nnc(-c3cccs3)o2)cc1C. The number of rotatable bonds is 5. The van der Waals surface area contributed by atoms with Gasteiger partial charge >= 0.3 is 5.97 Å². The molecule has 0 aliphatic carbocycles. The van der Waals surface area contributed by atoms with Crippen LogP contribution in [-0.4, -0.2) is 16.2 Å². The monoisotopic (exact) mass is 342 g/mol. The van der Waals surface area contributed by atoms with Gasteiger partial charge in [-0.05, 0) is 48.9 Å². The topological polar surface area (TPSA) is 65.2 Å². The average Bonchev–Trinajstić information content (AvgIpc) is 3.21. The largest absolute Gasteiger partial charge is 0.452 e. The van der Waals surface area contributed by atoms with E-state index in [1.807, 2.05) is 49.6 Å². The number of carbonyl (C=O) groups is 1. The lowest BCUT2D eigenvalue weighted by atomic mass is 10.0.